The lowest BCUT2D eigenvalue weighted by atomic mass is 9.98. The van der Waals surface area contributed by atoms with Crippen molar-refractivity contribution in [2.24, 2.45) is 11.8 Å². The monoisotopic (exact) mass is 286 g/mol. The SMILES string of the molecule is CC(C)C1SCC(C(=O)O)N1C(=O)C1CCNC1C. The van der Waals surface area contributed by atoms with Gasteiger partial charge in [-0.05, 0) is 25.8 Å². The molecule has 6 heteroatoms. The zero-order valence-electron chi connectivity index (χ0n) is 11.6. The van der Waals surface area contributed by atoms with E-state index in [-0.39, 0.29) is 29.2 Å². The summed E-state index contributed by atoms with van der Waals surface area (Å²) in [4.78, 5) is 25.7. The minimum atomic E-state index is -0.886. The van der Waals surface area contributed by atoms with E-state index < -0.39 is 12.0 Å². The van der Waals surface area contributed by atoms with Crippen LogP contribution in [0.1, 0.15) is 27.2 Å². The average Bonchev–Trinajstić information content (AvgIpc) is 2.93. The lowest BCUT2D eigenvalue weighted by Crippen LogP contribution is -2.50. The van der Waals surface area contributed by atoms with Crippen LogP contribution in [0.4, 0.5) is 0 Å². The van der Waals surface area contributed by atoms with E-state index in [4.69, 9.17) is 0 Å². The molecule has 0 aliphatic carbocycles. The van der Waals surface area contributed by atoms with Gasteiger partial charge in [-0.2, -0.15) is 0 Å². The standard InChI is InChI=1S/C13H22N2O3S/c1-7(2)12-15(10(6-19-12)13(17)18)11(16)9-4-5-14-8(9)3/h7-10,12,14H,4-6H2,1-3H3,(H,17,18). The minimum absolute atomic E-state index is 0.00796. The summed E-state index contributed by atoms with van der Waals surface area (Å²) in [5, 5.41) is 12.6. The molecule has 2 rings (SSSR count). The van der Waals surface area contributed by atoms with Crippen LogP contribution in [-0.2, 0) is 9.59 Å². The van der Waals surface area contributed by atoms with Gasteiger partial charge >= 0.3 is 5.97 Å². The van der Waals surface area contributed by atoms with Gasteiger partial charge in [0.25, 0.3) is 0 Å². The van der Waals surface area contributed by atoms with E-state index in [0.29, 0.717) is 5.75 Å². The molecule has 0 aromatic rings. The van der Waals surface area contributed by atoms with Gasteiger partial charge in [0.1, 0.15) is 6.04 Å². The van der Waals surface area contributed by atoms with Crippen LogP contribution in [0.25, 0.3) is 0 Å². The number of thioether (sulfide) groups is 1. The molecule has 2 saturated heterocycles. The highest BCUT2D eigenvalue weighted by atomic mass is 32.2. The normalized spacial score (nSPS) is 35.1. The van der Waals surface area contributed by atoms with Gasteiger partial charge in [0.2, 0.25) is 5.91 Å². The quantitative estimate of drug-likeness (QED) is 0.810. The number of carboxylic acids is 1. The molecule has 0 radical (unpaired) electrons. The Morgan fingerprint density at radius 1 is 1.42 bits per heavy atom. The Balaban J connectivity index is 2.20. The van der Waals surface area contributed by atoms with Crippen LogP contribution in [0.2, 0.25) is 0 Å². The highest BCUT2D eigenvalue weighted by Crippen LogP contribution is 2.36. The minimum Gasteiger partial charge on any atom is -0.480 e. The van der Waals surface area contributed by atoms with E-state index in [1.165, 1.54) is 0 Å². The maximum absolute atomic E-state index is 12.7. The molecule has 2 N–H and O–H groups in total. The molecular formula is C13H22N2O3S. The summed E-state index contributed by atoms with van der Waals surface area (Å²) in [5.41, 5.74) is 0. The van der Waals surface area contributed by atoms with Gasteiger partial charge in [-0.25, -0.2) is 4.79 Å². The first-order valence-corrected chi connectivity index (χ1v) is 7.88. The third-order valence-electron chi connectivity index (χ3n) is 3.99. The molecule has 4 atom stereocenters. The summed E-state index contributed by atoms with van der Waals surface area (Å²) in [6.07, 6.45) is 0.804. The van der Waals surface area contributed by atoms with E-state index in [1.807, 2.05) is 20.8 Å². The van der Waals surface area contributed by atoms with Crippen LogP contribution in [0.15, 0.2) is 0 Å². The second-order valence-corrected chi connectivity index (χ2v) is 6.86. The maximum Gasteiger partial charge on any atom is 0.327 e. The average molecular weight is 286 g/mol. The molecular weight excluding hydrogens is 264 g/mol. The predicted octanol–water partition coefficient (Wildman–Crippen LogP) is 0.995. The molecule has 0 saturated carbocycles. The molecule has 2 aliphatic rings. The van der Waals surface area contributed by atoms with Crippen molar-refractivity contribution in [2.75, 3.05) is 12.3 Å². The van der Waals surface area contributed by atoms with Crippen LogP contribution < -0.4 is 5.32 Å². The van der Waals surface area contributed by atoms with E-state index >= 15 is 0 Å². The van der Waals surface area contributed by atoms with Crippen LogP contribution in [0, 0.1) is 11.8 Å². The van der Waals surface area contributed by atoms with Crippen molar-refractivity contribution in [3.63, 3.8) is 0 Å². The van der Waals surface area contributed by atoms with Gasteiger partial charge in [0.05, 0.1) is 11.3 Å². The third kappa shape index (κ3) is 2.74. The molecule has 2 heterocycles. The molecule has 0 aromatic carbocycles. The summed E-state index contributed by atoms with van der Waals surface area (Å²) in [6.45, 7) is 6.92. The molecule has 5 nitrogen and oxygen atoms in total. The number of carbonyl (C=O) groups excluding carboxylic acids is 1. The number of nitrogens with zero attached hydrogens (tertiary/aromatic N) is 1. The fraction of sp³-hybridized carbons (Fsp3) is 0.846. The Bertz CT molecular complexity index is 375. The Labute approximate surface area is 118 Å². The first-order valence-electron chi connectivity index (χ1n) is 6.83. The van der Waals surface area contributed by atoms with Crippen LogP contribution in [0.5, 0.6) is 0 Å². The number of carboxylic acid groups (broad SMARTS) is 1. The van der Waals surface area contributed by atoms with Gasteiger partial charge in [-0.1, -0.05) is 13.8 Å². The fourth-order valence-corrected chi connectivity index (χ4v) is 4.38. The van der Waals surface area contributed by atoms with Crippen LogP contribution in [0.3, 0.4) is 0 Å². The summed E-state index contributed by atoms with van der Waals surface area (Å²) in [5.74, 6) is -0.195. The van der Waals surface area contributed by atoms with Crippen molar-refractivity contribution in [2.45, 2.75) is 44.6 Å². The summed E-state index contributed by atoms with van der Waals surface area (Å²) in [6, 6.07) is -0.530. The second-order valence-electron chi connectivity index (χ2n) is 5.71. The lowest BCUT2D eigenvalue weighted by molar-refractivity contribution is -0.151. The summed E-state index contributed by atoms with van der Waals surface area (Å²) in [7, 11) is 0. The topological polar surface area (TPSA) is 69.6 Å². The molecule has 2 fully saturated rings. The summed E-state index contributed by atoms with van der Waals surface area (Å²) < 4.78 is 0. The number of rotatable bonds is 3. The largest absolute Gasteiger partial charge is 0.480 e. The van der Waals surface area contributed by atoms with Gasteiger partial charge in [-0.3, -0.25) is 4.79 Å². The van der Waals surface area contributed by atoms with Crippen molar-refractivity contribution >= 4 is 23.6 Å². The number of nitrogens with one attached hydrogen (secondary N) is 1. The number of aliphatic carboxylic acids is 1. The van der Waals surface area contributed by atoms with Crippen LogP contribution in [-0.4, -0.2) is 51.6 Å². The molecule has 4 unspecified atom stereocenters. The van der Waals surface area contributed by atoms with Crippen molar-refractivity contribution in [3.8, 4) is 0 Å². The van der Waals surface area contributed by atoms with Crippen molar-refractivity contribution in [3.05, 3.63) is 0 Å². The van der Waals surface area contributed by atoms with Gasteiger partial charge in [0, 0.05) is 11.8 Å². The van der Waals surface area contributed by atoms with E-state index in [9.17, 15) is 14.7 Å². The Hall–Kier alpha value is -0.750. The maximum atomic E-state index is 12.7. The molecule has 108 valence electrons. The molecule has 0 spiro atoms. The van der Waals surface area contributed by atoms with E-state index in [2.05, 4.69) is 5.32 Å². The van der Waals surface area contributed by atoms with Gasteiger partial charge in [0.15, 0.2) is 0 Å². The Morgan fingerprint density at radius 3 is 2.58 bits per heavy atom. The lowest BCUT2D eigenvalue weighted by Gasteiger charge is -2.32. The van der Waals surface area contributed by atoms with Crippen molar-refractivity contribution < 1.29 is 14.7 Å². The first kappa shape index (κ1) is 14.7. The summed E-state index contributed by atoms with van der Waals surface area (Å²) >= 11 is 1.59. The number of carbonyl (C=O) groups is 2. The zero-order valence-corrected chi connectivity index (χ0v) is 12.4. The van der Waals surface area contributed by atoms with Crippen LogP contribution >= 0.6 is 11.8 Å². The molecule has 0 aromatic heterocycles. The van der Waals surface area contributed by atoms with E-state index in [1.54, 1.807) is 16.7 Å². The number of hydrogen-bond acceptors (Lipinski definition) is 4. The van der Waals surface area contributed by atoms with Gasteiger partial charge in [-0.15, -0.1) is 11.8 Å². The zero-order chi connectivity index (χ0) is 14.2. The smallest absolute Gasteiger partial charge is 0.327 e. The molecule has 19 heavy (non-hydrogen) atoms. The first-order chi connectivity index (χ1) is 8.93. The number of amides is 1. The predicted molar refractivity (Wildman–Crippen MR) is 74.9 cm³/mol. The Kier molecular flexibility index (Phi) is 4.40. The number of hydrogen-bond donors (Lipinski definition) is 2. The highest BCUT2D eigenvalue weighted by molar-refractivity contribution is 8.00. The second kappa shape index (κ2) is 5.71. The Morgan fingerprint density at radius 2 is 2.11 bits per heavy atom. The molecule has 2 aliphatic heterocycles. The molecule has 0 bridgehead atoms. The third-order valence-corrected chi connectivity index (χ3v) is 5.61. The van der Waals surface area contributed by atoms with Crippen molar-refractivity contribution in [1.29, 1.82) is 0 Å². The van der Waals surface area contributed by atoms with E-state index in [0.717, 1.165) is 13.0 Å². The highest BCUT2D eigenvalue weighted by Gasteiger charge is 2.46. The fourth-order valence-electron chi connectivity index (χ4n) is 2.90. The molecule has 1 amide bonds. The van der Waals surface area contributed by atoms with Crippen molar-refractivity contribution in [1.82, 2.24) is 10.2 Å². The van der Waals surface area contributed by atoms with Gasteiger partial charge < -0.3 is 15.3 Å².